The predicted molar refractivity (Wildman–Crippen MR) is 69.9 cm³/mol. The summed E-state index contributed by atoms with van der Waals surface area (Å²) in [6, 6.07) is 10.7. The van der Waals surface area contributed by atoms with Gasteiger partial charge in [0.1, 0.15) is 0 Å². The molecule has 0 aromatic heterocycles. The van der Waals surface area contributed by atoms with Crippen LogP contribution in [0.2, 0.25) is 0 Å². The van der Waals surface area contributed by atoms with Crippen LogP contribution in [0.5, 0.6) is 0 Å². The normalized spacial score (nSPS) is 33.1. The van der Waals surface area contributed by atoms with E-state index in [1.807, 2.05) is 12.1 Å². The number of nitrogens with zero attached hydrogens (tertiary/aromatic N) is 1. The average Bonchev–Trinajstić information content (AvgIpc) is 2.91. The van der Waals surface area contributed by atoms with Crippen molar-refractivity contribution in [2.45, 2.75) is 44.6 Å². The van der Waals surface area contributed by atoms with Gasteiger partial charge in [0.15, 0.2) is 0 Å². The van der Waals surface area contributed by atoms with Gasteiger partial charge in [-0.2, -0.15) is 5.26 Å². The van der Waals surface area contributed by atoms with Crippen LogP contribution < -0.4 is 0 Å². The highest BCUT2D eigenvalue weighted by molar-refractivity contribution is 5.39. The fourth-order valence-corrected chi connectivity index (χ4v) is 3.83. The maximum absolute atomic E-state index is 11.0. The van der Waals surface area contributed by atoms with E-state index in [9.17, 15) is 10.4 Å². The van der Waals surface area contributed by atoms with Crippen LogP contribution >= 0.6 is 0 Å². The molecule has 1 N–H and O–H groups in total. The first-order valence-corrected chi connectivity index (χ1v) is 6.79. The van der Waals surface area contributed by atoms with E-state index >= 15 is 0 Å². The first-order chi connectivity index (χ1) is 8.59. The lowest BCUT2D eigenvalue weighted by molar-refractivity contribution is -0.0478. The van der Waals surface area contributed by atoms with E-state index in [4.69, 9.17) is 0 Å². The minimum absolute atomic E-state index is 0.531. The second-order valence-corrected chi connectivity index (χ2v) is 6.20. The van der Waals surface area contributed by atoms with Gasteiger partial charge in [0.2, 0.25) is 0 Å². The number of hydrogen-bond acceptors (Lipinski definition) is 2. The molecule has 18 heavy (non-hydrogen) atoms. The maximum Gasteiger partial charge on any atom is 0.0940 e. The van der Waals surface area contributed by atoms with Crippen molar-refractivity contribution in [3.63, 3.8) is 0 Å². The van der Waals surface area contributed by atoms with E-state index in [1.165, 1.54) is 11.1 Å². The van der Waals surface area contributed by atoms with E-state index in [0.717, 1.165) is 19.3 Å². The lowest BCUT2D eigenvalue weighted by atomic mass is 9.69. The van der Waals surface area contributed by atoms with Gasteiger partial charge in [-0.1, -0.05) is 31.2 Å². The monoisotopic (exact) mass is 241 g/mol. The maximum atomic E-state index is 11.0. The summed E-state index contributed by atoms with van der Waals surface area (Å²) >= 11 is 0. The number of benzene rings is 1. The second-order valence-electron chi connectivity index (χ2n) is 6.20. The Morgan fingerprint density at radius 2 is 1.89 bits per heavy atom. The Hall–Kier alpha value is -1.33. The molecule has 1 aromatic carbocycles. The lowest BCUT2D eigenvalue weighted by Gasteiger charge is -2.37. The Kier molecular flexibility index (Phi) is 2.50. The molecule has 1 aromatic rings. The molecule has 0 heterocycles. The topological polar surface area (TPSA) is 44.0 Å². The highest BCUT2D eigenvalue weighted by Gasteiger charge is 2.56. The number of hydrogen-bond donors (Lipinski definition) is 1. The summed E-state index contributed by atoms with van der Waals surface area (Å²) in [6.07, 6.45) is 4.01. The SMILES string of the molecule is CC1CCC(O)(C2(C#N)Cc3ccccc3C2)C1. The van der Waals surface area contributed by atoms with E-state index < -0.39 is 11.0 Å². The van der Waals surface area contributed by atoms with Crippen molar-refractivity contribution in [1.82, 2.24) is 0 Å². The zero-order valence-electron chi connectivity index (χ0n) is 10.8. The van der Waals surface area contributed by atoms with Gasteiger partial charge in [-0.05, 0) is 49.1 Å². The molecule has 2 aliphatic rings. The molecule has 0 saturated heterocycles. The van der Waals surface area contributed by atoms with Gasteiger partial charge in [-0.25, -0.2) is 0 Å². The van der Waals surface area contributed by atoms with Crippen molar-refractivity contribution in [2.75, 3.05) is 0 Å². The van der Waals surface area contributed by atoms with Gasteiger partial charge in [0.05, 0.1) is 17.1 Å². The molecule has 2 unspecified atom stereocenters. The minimum Gasteiger partial charge on any atom is -0.388 e. The minimum atomic E-state index is -0.791. The van der Waals surface area contributed by atoms with Crippen molar-refractivity contribution in [1.29, 1.82) is 5.26 Å². The van der Waals surface area contributed by atoms with Crippen LogP contribution in [0.4, 0.5) is 0 Å². The third-order valence-corrected chi connectivity index (χ3v) is 4.94. The Morgan fingerprint density at radius 3 is 2.33 bits per heavy atom. The van der Waals surface area contributed by atoms with Gasteiger partial charge in [0, 0.05) is 0 Å². The summed E-state index contributed by atoms with van der Waals surface area (Å²) in [5.74, 6) is 0.531. The highest BCUT2D eigenvalue weighted by atomic mass is 16.3. The predicted octanol–water partition coefficient (Wildman–Crippen LogP) is 2.85. The molecule has 2 heteroatoms. The van der Waals surface area contributed by atoms with Crippen molar-refractivity contribution in [3.8, 4) is 6.07 Å². The third-order valence-electron chi connectivity index (χ3n) is 4.94. The number of aliphatic hydroxyl groups is 1. The van der Waals surface area contributed by atoms with E-state index in [1.54, 1.807) is 0 Å². The molecule has 1 saturated carbocycles. The highest BCUT2D eigenvalue weighted by Crippen LogP contribution is 2.52. The van der Waals surface area contributed by atoms with Crippen molar-refractivity contribution in [3.05, 3.63) is 35.4 Å². The molecule has 0 radical (unpaired) electrons. The smallest absolute Gasteiger partial charge is 0.0940 e. The van der Waals surface area contributed by atoms with Crippen LogP contribution in [0.3, 0.4) is 0 Å². The largest absolute Gasteiger partial charge is 0.388 e. The van der Waals surface area contributed by atoms with E-state index in [2.05, 4.69) is 25.1 Å². The molecule has 2 nitrogen and oxygen atoms in total. The summed E-state index contributed by atoms with van der Waals surface area (Å²) in [5.41, 5.74) is 1.10. The molecule has 0 amide bonds. The Balaban J connectivity index is 1.98. The third kappa shape index (κ3) is 1.51. The van der Waals surface area contributed by atoms with Gasteiger partial charge < -0.3 is 5.11 Å². The average molecular weight is 241 g/mol. The summed E-state index contributed by atoms with van der Waals surface area (Å²) in [5, 5.41) is 20.7. The second kappa shape index (κ2) is 3.83. The lowest BCUT2D eigenvalue weighted by Crippen LogP contribution is -2.46. The van der Waals surface area contributed by atoms with Gasteiger partial charge in [-0.15, -0.1) is 0 Å². The quantitative estimate of drug-likeness (QED) is 0.821. The summed E-state index contributed by atoms with van der Waals surface area (Å²) < 4.78 is 0. The van der Waals surface area contributed by atoms with Crippen LogP contribution in [0.15, 0.2) is 24.3 Å². The van der Waals surface area contributed by atoms with Crippen LogP contribution in [0, 0.1) is 22.7 Å². The molecule has 0 bridgehead atoms. The van der Waals surface area contributed by atoms with E-state index in [0.29, 0.717) is 18.8 Å². The van der Waals surface area contributed by atoms with Gasteiger partial charge >= 0.3 is 0 Å². The van der Waals surface area contributed by atoms with Crippen molar-refractivity contribution >= 4 is 0 Å². The van der Waals surface area contributed by atoms with Gasteiger partial charge in [0.25, 0.3) is 0 Å². The van der Waals surface area contributed by atoms with E-state index in [-0.39, 0.29) is 0 Å². The van der Waals surface area contributed by atoms with Crippen molar-refractivity contribution in [2.24, 2.45) is 11.3 Å². The first-order valence-electron chi connectivity index (χ1n) is 6.79. The Bertz CT molecular complexity index is 491. The first kappa shape index (κ1) is 11.7. The Labute approximate surface area is 108 Å². The molecule has 3 rings (SSSR count). The molecule has 2 aliphatic carbocycles. The molecule has 1 fully saturated rings. The standard InChI is InChI=1S/C16H19NO/c1-12-6-7-16(18,8-12)15(11-17)9-13-4-2-3-5-14(13)10-15/h2-5,12,18H,6-10H2,1H3. The molecule has 0 spiro atoms. The molecule has 94 valence electrons. The van der Waals surface area contributed by atoms with Crippen molar-refractivity contribution < 1.29 is 5.11 Å². The molecule has 0 aliphatic heterocycles. The van der Waals surface area contributed by atoms with Crippen LogP contribution in [0.1, 0.15) is 37.3 Å². The number of rotatable bonds is 1. The molecular formula is C16H19NO. The van der Waals surface area contributed by atoms with Crippen LogP contribution in [-0.2, 0) is 12.8 Å². The number of fused-ring (bicyclic) bond motifs is 1. The van der Waals surface area contributed by atoms with Crippen LogP contribution in [0.25, 0.3) is 0 Å². The van der Waals surface area contributed by atoms with Gasteiger partial charge in [-0.3, -0.25) is 0 Å². The van der Waals surface area contributed by atoms with Crippen LogP contribution in [-0.4, -0.2) is 10.7 Å². The summed E-state index contributed by atoms with van der Waals surface area (Å²) in [4.78, 5) is 0. The Morgan fingerprint density at radius 1 is 1.28 bits per heavy atom. The molecule has 2 atom stereocenters. The fourth-order valence-electron chi connectivity index (χ4n) is 3.83. The molecular weight excluding hydrogens is 222 g/mol. The fraction of sp³-hybridized carbons (Fsp3) is 0.562. The summed E-state index contributed by atoms with van der Waals surface area (Å²) in [6.45, 7) is 2.17. The number of nitriles is 1. The zero-order chi connectivity index (χ0) is 12.8. The summed E-state index contributed by atoms with van der Waals surface area (Å²) in [7, 11) is 0. The zero-order valence-corrected chi connectivity index (χ0v) is 10.8.